The molecule has 29 heavy (non-hydrogen) atoms. The minimum atomic E-state index is -0.247. The minimum Gasteiger partial charge on any atom is -0.356 e. The number of carbonyl (C=O) groups excluding carboxylic acids is 1. The van der Waals surface area contributed by atoms with Crippen LogP contribution in [0.1, 0.15) is 32.0 Å². The maximum Gasteiger partial charge on any atom is 0.223 e. The summed E-state index contributed by atoms with van der Waals surface area (Å²) in [6.07, 6.45) is 2.70. The number of fused-ring (bicyclic) bond motifs is 1. The number of rotatable bonds is 6. The van der Waals surface area contributed by atoms with Crippen molar-refractivity contribution in [3.63, 3.8) is 0 Å². The van der Waals surface area contributed by atoms with E-state index >= 15 is 0 Å². The van der Waals surface area contributed by atoms with Gasteiger partial charge in [-0.1, -0.05) is 19.1 Å². The van der Waals surface area contributed by atoms with Crippen LogP contribution in [0.15, 0.2) is 48.5 Å². The number of carbonyl (C=O) groups is 1. The van der Waals surface area contributed by atoms with Gasteiger partial charge in [0.25, 0.3) is 0 Å². The Kier molecular flexibility index (Phi) is 5.90. The first kappa shape index (κ1) is 19.6. The van der Waals surface area contributed by atoms with Crippen molar-refractivity contribution < 1.29 is 9.18 Å². The van der Waals surface area contributed by atoms with Gasteiger partial charge in [0.2, 0.25) is 5.91 Å². The fraction of sp³-hybridized carbons (Fsp3) is 0.391. The highest BCUT2D eigenvalue weighted by molar-refractivity contribution is 5.79. The zero-order valence-electron chi connectivity index (χ0n) is 16.8. The first-order valence-corrected chi connectivity index (χ1v) is 10.4. The van der Waals surface area contributed by atoms with E-state index in [0.29, 0.717) is 6.54 Å². The zero-order valence-corrected chi connectivity index (χ0v) is 16.8. The number of amides is 1. The predicted molar refractivity (Wildman–Crippen MR) is 112 cm³/mol. The van der Waals surface area contributed by atoms with Gasteiger partial charge in [-0.2, -0.15) is 0 Å². The molecule has 0 bridgehead atoms. The van der Waals surface area contributed by atoms with Crippen LogP contribution in [0, 0.1) is 11.7 Å². The standard InChI is InChI=1S/C23H27FN4O/c1-2-13-25-23(29)17-11-14-27(15-12-17)16-22-26-20-5-3-4-6-21(20)28(22)19-9-7-18(24)8-10-19/h3-10,17H,2,11-16H2,1H3,(H,25,29). The smallest absolute Gasteiger partial charge is 0.223 e. The van der Waals surface area contributed by atoms with E-state index in [4.69, 9.17) is 4.98 Å². The van der Waals surface area contributed by atoms with Gasteiger partial charge in [-0.3, -0.25) is 14.3 Å². The summed E-state index contributed by atoms with van der Waals surface area (Å²) in [4.78, 5) is 19.4. The Balaban J connectivity index is 1.52. The highest BCUT2D eigenvalue weighted by atomic mass is 19.1. The van der Waals surface area contributed by atoms with Crippen molar-refractivity contribution in [3.8, 4) is 5.69 Å². The van der Waals surface area contributed by atoms with Crippen LogP contribution in [0.4, 0.5) is 4.39 Å². The summed E-state index contributed by atoms with van der Waals surface area (Å²) < 4.78 is 15.5. The van der Waals surface area contributed by atoms with Gasteiger partial charge in [0.1, 0.15) is 11.6 Å². The lowest BCUT2D eigenvalue weighted by Crippen LogP contribution is -2.40. The van der Waals surface area contributed by atoms with Gasteiger partial charge in [0.05, 0.1) is 17.6 Å². The Labute approximate surface area is 170 Å². The minimum absolute atomic E-state index is 0.105. The Morgan fingerprint density at radius 2 is 1.86 bits per heavy atom. The summed E-state index contributed by atoms with van der Waals surface area (Å²) in [6.45, 7) is 5.26. The summed E-state index contributed by atoms with van der Waals surface area (Å²) in [5, 5.41) is 3.01. The van der Waals surface area contributed by atoms with Crippen molar-refractivity contribution in [2.24, 2.45) is 5.92 Å². The van der Waals surface area contributed by atoms with Crippen LogP contribution in [-0.4, -0.2) is 40.0 Å². The van der Waals surface area contributed by atoms with E-state index < -0.39 is 0 Å². The second-order valence-electron chi connectivity index (χ2n) is 7.67. The van der Waals surface area contributed by atoms with Crippen molar-refractivity contribution in [3.05, 3.63) is 60.2 Å². The van der Waals surface area contributed by atoms with Gasteiger partial charge in [0, 0.05) is 18.2 Å². The molecule has 0 saturated carbocycles. The maximum absolute atomic E-state index is 13.4. The zero-order chi connectivity index (χ0) is 20.2. The van der Waals surface area contributed by atoms with Crippen molar-refractivity contribution >= 4 is 16.9 Å². The first-order chi connectivity index (χ1) is 14.2. The third-order valence-corrected chi connectivity index (χ3v) is 5.59. The van der Waals surface area contributed by atoms with Gasteiger partial charge < -0.3 is 5.32 Å². The lowest BCUT2D eigenvalue weighted by molar-refractivity contribution is -0.126. The first-order valence-electron chi connectivity index (χ1n) is 10.4. The third-order valence-electron chi connectivity index (χ3n) is 5.59. The summed E-state index contributed by atoms with van der Waals surface area (Å²) in [7, 11) is 0. The molecule has 3 aromatic rings. The fourth-order valence-electron chi connectivity index (χ4n) is 4.01. The molecule has 0 aliphatic carbocycles. The summed E-state index contributed by atoms with van der Waals surface area (Å²) in [5.41, 5.74) is 2.85. The van der Waals surface area contributed by atoms with E-state index in [1.54, 1.807) is 12.1 Å². The van der Waals surface area contributed by atoms with E-state index in [2.05, 4.69) is 21.7 Å². The number of benzene rings is 2. The number of nitrogens with one attached hydrogen (secondary N) is 1. The lowest BCUT2D eigenvalue weighted by Gasteiger charge is -2.31. The largest absolute Gasteiger partial charge is 0.356 e. The van der Waals surface area contributed by atoms with Crippen LogP contribution >= 0.6 is 0 Å². The molecule has 5 nitrogen and oxygen atoms in total. The Hall–Kier alpha value is -2.73. The molecule has 0 atom stereocenters. The number of imidazole rings is 1. The maximum atomic E-state index is 13.4. The van der Waals surface area contributed by atoms with Gasteiger partial charge >= 0.3 is 0 Å². The molecule has 152 valence electrons. The number of hydrogen-bond donors (Lipinski definition) is 1. The average Bonchev–Trinajstić information content (AvgIpc) is 3.11. The second kappa shape index (κ2) is 8.74. The Bertz CT molecular complexity index is 974. The lowest BCUT2D eigenvalue weighted by atomic mass is 9.96. The number of para-hydroxylation sites is 2. The van der Waals surface area contributed by atoms with Gasteiger partial charge in [-0.05, 0) is 68.8 Å². The van der Waals surface area contributed by atoms with Crippen LogP contribution in [0.5, 0.6) is 0 Å². The van der Waals surface area contributed by atoms with E-state index in [-0.39, 0.29) is 17.6 Å². The molecule has 2 aromatic carbocycles. The highest BCUT2D eigenvalue weighted by Crippen LogP contribution is 2.25. The van der Waals surface area contributed by atoms with Crippen molar-refractivity contribution in [2.75, 3.05) is 19.6 Å². The molecule has 1 fully saturated rings. The molecule has 6 heteroatoms. The topological polar surface area (TPSA) is 50.2 Å². The van der Waals surface area contributed by atoms with Crippen LogP contribution < -0.4 is 5.32 Å². The van der Waals surface area contributed by atoms with E-state index in [1.807, 2.05) is 24.3 Å². The fourth-order valence-corrected chi connectivity index (χ4v) is 4.01. The predicted octanol–water partition coefficient (Wildman–Crippen LogP) is 3.90. The molecule has 0 spiro atoms. The average molecular weight is 394 g/mol. The van der Waals surface area contributed by atoms with Crippen molar-refractivity contribution in [1.82, 2.24) is 19.8 Å². The molecule has 1 aliphatic rings. The number of piperidine rings is 1. The Morgan fingerprint density at radius 3 is 2.59 bits per heavy atom. The molecule has 4 rings (SSSR count). The van der Waals surface area contributed by atoms with Crippen LogP contribution in [0.25, 0.3) is 16.7 Å². The van der Waals surface area contributed by atoms with Gasteiger partial charge in [-0.15, -0.1) is 0 Å². The van der Waals surface area contributed by atoms with Crippen LogP contribution in [0.2, 0.25) is 0 Å². The quantitative estimate of drug-likeness (QED) is 0.690. The molecule has 0 radical (unpaired) electrons. The molecule has 1 N–H and O–H groups in total. The molecular formula is C23H27FN4O. The normalized spacial score (nSPS) is 15.7. The van der Waals surface area contributed by atoms with Gasteiger partial charge in [-0.25, -0.2) is 9.37 Å². The summed E-state index contributed by atoms with van der Waals surface area (Å²) in [6, 6.07) is 14.6. The molecule has 2 heterocycles. The van der Waals surface area contributed by atoms with E-state index in [1.165, 1.54) is 12.1 Å². The SMILES string of the molecule is CCCNC(=O)C1CCN(Cc2nc3ccccc3n2-c2ccc(F)cc2)CC1. The molecular weight excluding hydrogens is 367 g/mol. The summed E-state index contributed by atoms with van der Waals surface area (Å²) >= 11 is 0. The van der Waals surface area contributed by atoms with E-state index in [0.717, 1.165) is 61.4 Å². The molecule has 1 saturated heterocycles. The van der Waals surface area contributed by atoms with Gasteiger partial charge in [0.15, 0.2) is 0 Å². The summed E-state index contributed by atoms with van der Waals surface area (Å²) in [5.74, 6) is 0.980. The molecule has 1 aliphatic heterocycles. The number of likely N-dealkylation sites (tertiary alicyclic amines) is 1. The van der Waals surface area contributed by atoms with Crippen LogP contribution in [-0.2, 0) is 11.3 Å². The van der Waals surface area contributed by atoms with E-state index in [9.17, 15) is 9.18 Å². The highest BCUT2D eigenvalue weighted by Gasteiger charge is 2.26. The van der Waals surface area contributed by atoms with Crippen molar-refractivity contribution in [2.45, 2.75) is 32.7 Å². The number of aromatic nitrogens is 2. The van der Waals surface area contributed by atoms with Crippen molar-refractivity contribution in [1.29, 1.82) is 0 Å². The number of halogens is 1. The third kappa shape index (κ3) is 4.32. The molecule has 0 unspecified atom stereocenters. The second-order valence-corrected chi connectivity index (χ2v) is 7.67. The monoisotopic (exact) mass is 394 g/mol. The molecule has 1 amide bonds. The Morgan fingerprint density at radius 1 is 1.14 bits per heavy atom. The number of hydrogen-bond acceptors (Lipinski definition) is 3. The number of nitrogens with zero attached hydrogens (tertiary/aromatic N) is 3. The van der Waals surface area contributed by atoms with Crippen LogP contribution in [0.3, 0.4) is 0 Å². The molecule has 1 aromatic heterocycles.